The Morgan fingerprint density at radius 3 is 2.61 bits per heavy atom. The number of benzene rings is 1. The molecule has 0 atom stereocenters. The van der Waals surface area contributed by atoms with Crippen molar-refractivity contribution in [2.45, 2.75) is 20.3 Å². The van der Waals surface area contributed by atoms with Crippen molar-refractivity contribution in [1.29, 1.82) is 5.26 Å². The third-order valence-electron chi connectivity index (χ3n) is 2.90. The average Bonchev–Trinajstić information content (AvgIpc) is 2.42. The van der Waals surface area contributed by atoms with E-state index in [2.05, 4.69) is 36.3 Å². The molecular weight excluding hydrogens is 222 g/mol. The Balaban J connectivity index is 2.20. The lowest BCUT2D eigenvalue weighted by Crippen LogP contribution is -1.94. The van der Waals surface area contributed by atoms with Crippen molar-refractivity contribution in [2.24, 2.45) is 0 Å². The number of anilines is 2. The molecule has 2 aromatic rings. The van der Waals surface area contributed by atoms with Crippen LogP contribution in [0.3, 0.4) is 0 Å². The summed E-state index contributed by atoms with van der Waals surface area (Å²) in [7, 11) is 0. The van der Waals surface area contributed by atoms with Crippen LogP contribution in [0.25, 0.3) is 0 Å². The lowest BCUT2D eigenvalue weighted by Gasteiger charge is -2.09. The van der Waals surface area contributed by atoms with Crippen molar-refractivity contribution >= 4 is 11.4 Å². The van der Waals surface area contributed by atoms with Crippen LogP contribution in [0, 0.1) is 18.3 Å². The zero-order valence-electron chi connectivity index (χ0n) is 10.6. The van der Waals surface area contributed by atoms with Crippen molar-refractivity contribution in [3.8, 4) is 6.07 Å². The van der Waals surface area contributed by atoms with Gasteiger partial charge in [-0.2, -0.15) is 5.26 Å². The van der Waals surface area contributed by atoms with Gasteiger partial charge < -0.3 is 5.32 Å². The van der Waals surface area contributed by atoms with Gasteiger partial charge in [-0.05, 0) is 48.7 Å². The Morgan fingerprint density at radius 2 is 2.00 bits per heavy atom. The molecule has 0 unspecified atom stereocenters. The summed E-state index contributed by atoms with van der Waals surface area (Å²) in [5.41, 5.74) is 5.00. The largest absolute Gasteiger partial charge is 0.354 e. The quantitative estimate of drug-likeness (QED) is 0.887. The van der Waals surface area contributed by atoms with E-state index >= 15 is 0 Å². The number of hydrogen-bond acceptors (Lipinski definition) is 3. The van der Waals surface area contributed by atoms with Crippen LogP contribution in [0.2, 0.25) is 0 Å². The Hall–Kier alpha value is -2.34. The number of nitriles is 1. The summed E-state index contributed by atoms with van der Waals surface area (Å²) in [5, 5.41) is 12.0. The molecule has 2 rings (SSSR count). The smallest absolute Gasteiger partial charge is 0.140 e. The summed E-state index contributed by atoms with van der Waals surface area (Å²) in [6, 6.07) is 11.9. The molecule has 0 saturated heterocycles. The molecule has 1 aromatic heterocycles. The number of rotatable bonds is 3. The molecule has 0 bridgehead atoms. The van der Waals surface area contributed by atoms with Crippen molar-refractivity contribution in [2.75, 3.05) is 5.32 Å². The summed E-state index contributed by atoms with van der Waals surface area (Å²) >= 11 is 0. The van der Waals surface area contributed by atoms with Crippen LogP contribution >= 0.6 is 0 Å². The molecule has 0 fully saturated rings. The lowest BCUT2D eigenvalue weighted by atomic mass is 10.1. The van der Waals surface area contributed by atoms with Crippen LogP contribution in [0.15, 0.2) is 36.5 Å². The van der Waals surface area contributed by atoms with Gasteiger partial charge >= 0.3 is 0 Å². The number of aryl methyl sites for hydroxylation is 2. The second-order valence-corrected chi connectivity index (χ2v) is 4.16. The standard InChI is InChI=1S/C15H15N3/c1-3-12-8-13(5-4-11(12)2)18-15-7-6-14(9-16)17-10-15/h4-8,10,18H,3H2,1-2H3. The van der Waals surface area contributed by atoms with E-state index in [9.17, 15) is 0 Å². The van der Waals surface area contributed by atoms with Gasteiger partial charge in [0.15, 0.2) is 0 Å². The Kier molecular flexibility index (Phi) is 3.59. The average molecular weight is 237 g/mol. The Labute approximate surface area is 107 Å². The zero-order valence-corrected chi connectivity index (χ0v) is 10.6. The van der Waals surface area contributed by atoms with Crippen LogP contribution < -0.4 is 5.32 Å². The molecule has 0 radical (unpaired) electrons. The van der Waals surface area contributed by atoms with E-state index in [4.69, 9.17) is 5.26 Å². The van der Waals surface area contributed by atoms with E-state index in [1.165, 1.54) is 11.1 Å². The SMILES string of the molecule is CCc1cc(Nc2ccc(C#N)nc2)ccc1C. The third kappa shape index (κ3) is 2.67. The highest BCUT2D eigenvalue weighted by Gasteiger charge is 2.00. The van der Waals surface area contributed by atoms with Crippen LogP contribution in [-0.2, 0) is 6.42 Å². The first kappa shape index (κ1) is 12.1. The highest BCUT2D eigenvalue weighted by Crippen LogP contribution is 2.20. The third-order valence-corrected chi connectivity index (χ3v) is 2.90. The van der Waals surface area contributed by atoms with Crippen molar-refractivity contribution < 1.29 is 0 Å². The van der Waals surface area contributed by atoms with Crippen molar-refractivity contribution in [1.82, 2.24) is 4.98 Å². The predicted molar refractivity (Wildman–Crippen MR) is 72.8 cm³/mol. The molecule has 18 heavy (non-hydrogen) atoms. The number of nitrogens with one attached hydrogen (secondary N) is 1. The van der Waals surface area contributed by atoms with E-state index in [0.717, 1.165) is 17.8 Å². The fraction of sp³-hybridized carbons (Fsp3) is 0.200. The zero-order chi connectivity index (χ0) is 13.0. The summed E-state index contributed by atoms with van der Waals surface area (Å²) in [6.45, 7) is 4.27. The van der Waals surface area contributed by atoms with E-state index in [0.29, 0.717) is 5.69 Å². The predicted octanol–water partition coefficient (Wildman–Crippen LogP) is 3.57. The molecule has 3 heteroatoms. The van der Waals surface area contributed by atoms with Crippen molar-refractivity contribution in [3.63, 3.8) is 0 Å². The molecule has 90 valence electrons. The van der Waals surface area contributed by atoms with E-state index in [1.54, 1.807) is 12.3 Å². The second kappa shape index (κ2) is 5.33. The first-order valence-electron chi connectivity index (χ1n) is 5.95. The number of nitrogens with zero attached hydrogens (tertiary/aromatic N) is 2. The van der Waals surface area contributed by atoms with Gasteiger partial charge in [0, 0.05) is 5.69 Å². The Morgan fingerprint density at radius 1 is 1.22 bits per heavy atom. The topological polar surface area (TPSA) is 48.7 Å². The maximum Gasteiger partial charge on any atom is 0.140 e. The van der Waals surface area contributed by atoms with E-state index in [1.807, 2.05) is 18.2 Å². The van der Waals surface area contributed by atoms with Gasteiger partial charge in [0.1, 0.15) is 11.8 Å². The molecule has 0 amide bonds. The van der Waals surface area contributed by atoms with Gasteiger partial charge in [0.2, 0.25) is 0 Å². The minimum atomic E-state index is 0.429. The minimum absolute atomic E-state index is 0.429. The second-order valence-electron chi connectivity index (χ2n) is 4.16. The van der Waals surface area contributed by atoms with E-state index in [-0.39, 0.29) is 0 Å². The van der Waals surface area contributed by atoms with Gasteiger partial charge in [-0.1, -0.05) is 13.0 Å². The molecule has 0 aliphatic carbocycles. The van der Waals surface area contributed by atoms with Crippen LogP contribution in [0.4, 0.5) is 11.4 Å². The fourth-order valence-electron chi connectivity index (χ4n) is 1.83. The number of hydrogen-bond donors (Lipinski definition) is 1. The molecule has 3 nitrogen and oxygen atoms in total. The summed E-state index contributed by atoms with van der Waals surface area (Å²) in [6.07, 6.45) is 2.69. The van der Waals surface area contributed by atoms with Crippen LogP contribution in [0.5, 0.6) is 0 Å². The van der Waals surface area contributed by atoms with Gasteiger partial charge in [-0.25, -0.2) is 4.98 Å². The summed E-state index contributed by atoms with van der Waals surface area (Å²) < 4.78 is 0. The van der Waals surface area contributed by atoms with Crippen molar-refractivity contribution in [3.05, 3.63) is 53.3 Å². The van der Waals surface area contributed by atoms with Gasteiger partial charge in [-0.3, -0.25) is 0 Å². The van der Waals surface area contributed by atoms with Crippen LogP contribution in [0.1, 0.15) is 23.7 Å². The molecule has 0 saturated carbocycles. The number of pyridine rings is 1. The number of aromatic nitrogens is 1. The maximum absolute atomic E-state index is 8.68. The molecule has 1 heterocycles. The molecule has 0 aliphatic rings. The molecule has 0 spiro atoms. The fourth-order valence-corrected chi connectivity index (χ4v) is 1.83. The van der Waals surface area contributed by atoms with Gasteiger partial charge in [0.25, 0.3) is 0 Å². The summed E-state index contributed by atoms with van der Waals surface area (Å²) in [5.74, 6) is 0. The van der Waals surface area contributed by atoms with Gasteiger partial charge in [0.05, 0.1) is 11.9 Å². The van der Waals surface area contributed by atoms with Gasteiger partial charge in [-0.15, -0.1) is 0 Å². The molecule has 0 aliphatic heterocycles. The first-order valence-corrected chi connectivity index (χ1v) is 5.95. The monoisotopic (exact) mass is 237 g/mol. The van der Waals surface area contributed by atoms with Crippen LogP contribution in [-0.4, -0.2) is 4.98 Å². The maximum atomic E-state index is 8.68. The highest BCUT2D eigenvalue weighted by atomic mass is 14.9. The first-order chi connectivity index (χ1) is 8.72. The molecular formula is C15H15N3. The minimum Gasteiger partial charge on any atom is -0.354 e. The molecule has 1 N–H and O–H groups in total. The Bertz CT molecular complexity index is 580. The molecule has 1 aromatic carbocycles. The normalized spacial score (nSPS) is 9.83. The summed E-state index contributed by atoms with van der Waals surface area (Å²) in [4.78, 5) is 4.03. The lowest BCUT2D eigenvalue weighted by molar-refractivity contribution is 1.11. The highest BCUT2D eigenvalue weighted by molar-refractivity contribution is 5.60. The van der Waals surface area contributed by atoms with E-state index < -0.39 is 0 Å².